The average Bonchev–Trinajstić information content (AvgIpc) is 2.59. The lowest BCUT2D eigenvalue weighted by Crippen LogP contribution is -2.28. The van der Waals surface area contributed by atoms with Crippen molar-refractivity contribution in [1.29, 1.82) is 0 Å². The molecule has 0 radical (unpaired) electrons. The summed E-state index contributed by atoms with van der Waals surface area (Å²) in [5.74, 6) is 2.09. The van der Waals surface area contributed by atoms with Gasteiger partial charge in [-0.05, 0) is 49.6 Å². The van der Waals surface area contributed by atoms with Crippen LogP contribution in [0, 0.1) is 20.8 Å². The molecule has 1 amide bonds. The minimum absolute atomic E-state index is 0.00467. The molecule has 1 aliphatic rings. The fraction of sp³-hybridized carbons (Fsp3) is 0.350. The highest BCUT2D eigenvalue weighted by Crippen LogP contribution is 2.30. The quantitative estimate of drug-likeness (QED) is 0.908. The summed E-state index contributed by atoms with van der Waals surface area (Å²) in [4.78, 5) is 12.1. The Kier molecular flexibility index (Phi) is 5.12. The maximum absolute atomic E-state index is 12.1. The number of benzene rings is 2. The van der Waals surface area contributed by atoms with Crippen LogP contribution in [0.15, 0.2) is 30.3 Å². The van der Waals surface area contributed by atoms with Gasteiger partial charge in [-0.2, -0.15) is 0 Å². The molecule has 5 heteroatoms. The lowest BCUT2D eigenvalue weighted by Gasteiger charge is -2.19. The van der Waals surface area contributed by atoms with Crippen LogP contribution in [-0.2, 0) is 11.3 Å². The van der Waals surface area contributed by atoms with Gasteiger partial charge in [0, 0.05) is 6.54 Å². The number of hydrogen-bond acceptors (Lipinski definition) is 4. The van der Waals surface area contributed by atoms with Crippen LogP contribution < -0.4 is 19.5 Å². The summed E-state index contributed by atoms with van der Waals surface area (Å²) in [6.07, 6.45) is 0. The average molecular weight is 341 g/mol. The molecule has 5 nitrogen and oxygen atoms in total. The van der Waals surface area contributed by atoms with Crippen molar-refractivity contribution in [2.75, 3.05) is 19.8 Å². The Morgan fingerprint density at radius 1 is 1.04 bits per heavy atom. The molecule has 0 saturated carbocycles. The molecule has 3 rings (SSSR count). The van der Waals surface area contributed by atoms with Crippen molar-refractivity contribution in [1.82, 2.24) is 5.32 Å². The van der Waals surface area contributed by atoms with Gasteiger partial charge >= 0.3 is 0 Å². The Bertz CT molecular complexity index is 762. The van der Waals surface area contributed by atoms with Crippen LogP contribution in [0.5, 0.6) is 17.2 Å². The molecular weight excluding hydrogens is 318 g/mol. The predicted octanol–water partition coefficient (Wildman–Crippen LogP) is 3.08. The number of ether oxygens (including phenoxy) is 3. The Morgan fingerprint density at radius 2 is 1.72 bits per heavy atom. The van der Waals surface area contributed by atoms with Gasteiger partial charge < -0.3 is 19.5 Å². The van der Waals surface area contributed by atoms with Gasteiger partial charge in [0.25, 0.3) is 5.91 Å². The molecule has 0 aromatic heterocycles. The summed E-state index contributed by atoms with van der Waals surface area (Å²) in [6.45, 7) is 7.55. The number of hydrogen-bond donors (Lipinski definition) is 1. The van der Waals surface area contributed by atoms with Gasteiger partial charge in [-0.1, -0.05) is 23.8 Å². The Labute approximate surface area is 147 Å². The first-order valence-electron chi connectivity index (χ1n) is 8.39. The summed E-state index contributed by atoms with van der Waals surface area (Å²) in [5.41, 5.74) is 4.22. The van der Waals surface area contributed by atoms with Crippen molar-refractivity contribution >= 4 is 5.91 Å². The Hall–Kier alpha value is -2.69. The molecule has 0 saturated heterocycles. The first kappa shape index (κ1) is 17.1. The molecular formula is C20H23NO4. The number of carbonyl (C=O) groups excluding carboxylic acids is 1. The van der Waals surface area contributed by atoms with Crippen molar-refractivity contribution in [3.05, 3.63) is 52.6 Å². The standard InChI is InChI=1S/C20H23NO4/c1-13-8-14(2)20(15(3)9-13)25-12-19(22)21-11-16-4-5-17-18(10-16)24-7-6-23-17/h4-5,8-10H,6-7,11-12H2,1-3H3,(H,21,22). The maximum Gasteiger partial charge on any atom is 0.258 e. The van der Waals surface area contributed by atoms with E-state index >= 15 is 0 Å². The van der Waals surface area contributed by atoms with Gasteiger partial charge in [-0.15, -0.1) is 0 Å². The number of amides is 1. The van der Waals surface area contributed by atoms with Crippen molar-refractivity contribution < 1.29 is 19.0 Å². The van der Waals surface area contributed by atoms with Crippen molar-refractivity contribution in [2.24, 2.45) is 0 Å². The van der Waals surface area contributed by atoms with E-state index in [1.165, 1.54) is 5.56 Å². The number of rotatable bonds is 5. The molecule has 0 aliphatic carbocycles. The normalized spacial score (nSPS) is 12.6. The van der Waals surface area contributed by atoms with Crippen LogP contribution in [0.25, 0.3) is 0 Å². The van der Waals surface area contributed by atoms with Crippen LogP contribution in [0.4, 0.5) is 0 Å². The Balaban J connectivity index is 1.53. The number of fused-ring (bicyclic) bond motifs is 1. The van der Waals surface area contributed by atoms with E-state index in [0.29, 0.717) is 19.8 Å². The molecule has 25 heavy (non-hydrogen) atoms. The summed E-state index contributed by atoms with van der Waals surface area (Å²) in [6, 6.07) is 9.78. The summed E-state index contributed by atoms with van der Waals surface area (Å²) < 4.78 is 16.7. The van der Waals surface area contributed by atoms with Crippen LogP contribution in [-0.4, -0.2) is 25.7 Å². The lowest BCUT2D eigenvalue weighted by atomic mass is 10.1. The first-order valence-corrected chi connectivity index (χ1v) is 8.39. The first-order chi connectivity index (χ1) is 12.0. The molecule has 132 valence electrons. The summed E-state index contributed by atoms with van der Waals surface area (Å²) >= 11 is 0. The van der Waals surface area contributed by atoms with Gasteiger partial charge in [0.15, 0.2) is 18.1 Å². The summed E-state index contributed by atoms with van der Waals surface area (Å²) in [7, 11) is 0. The SMILES string of the molecule is Cc1cc(C)c(OCC(=O)NCc2ccc3c(c2)OCCO3)c(C)c1. The van der Waals surface area contributed by atoms with Crippen molar-refractivity contribution in [3.63, 3.8) is 0 Å². The predicted molar refractivity (Wildman–Crippen MR) is 95.4 cm³/mol. The van der Waals surface area contributed by atoms with E-state index in [2.05, 4.69) is 17.4 Å². The highest BCUT2D eigenvalue weighted by atomic mass is 16.6. The molecule has 2 aromatic carbocycles. The van der Waals surface area contributed by atoms with Crippen LogP contribution >= 0.6 is 0 Å². The Morgan fingerprint density at radius 3 is 2.44 bits per heavy atom. The largest absolute Gasteiger partial charge is 0.486 e. The molecule has 0 fully saturated rings. The molecule has 0 unspecified atom stereocenters. The van der Waals surface area contributed by atoms with Gasteiger partial charge in [0.05, 0.1) is 0 Å². The fourth-order valence-electron chi connectivity index (χ4n) is 2.98. The second-order valence-electron chi connectivity index (χ2n) is 6.27. The second-order valence-corrected chi connectivity index (χ2v) is 6.27. The minimum atomic E-state index is -0.158. The van der Waals surface area contributed by atoms with Gasteiger partial charge in [0.1, 0.15) is 19.0 Å². The highest BCUT2D eigenvalue weighted by molar-refractivity contribution is 5.77. The second kappa shape index (κ2) is 7.47. The van der Waals surface area contributed by atoms with Crippen molar-refractivity contribution in [3.8, 4) is 17.2 Å². The zero-order chi connectivity index (χ0) is 17.8. The zero-order valence-corrected chi connectivity index (χ0v) is 14.8. The molecule has 0 atom stereocenters. The smallest absolute Gasteiger partial charge is 0.258 e. The van der Waals surface area contributed by atoms with Gasteiger partial charge in [0.2, 0.25) is 0 Å². The zero-order valence-electron chi connectivity index (χ0n) is 14.8. The third-order valence-corrected chi connectivity index (χ3v) is 4.05. The van der Waals surface area contributed by atoms with Gasteiger partial charge in [-0.3, -0.25) is 4.79 Å². The summed E-state index contributed by atoms with van der Waals surface area (Å²) in [5, 5.41) is 2.87. The van der Waals surface area contributed by atoms with E-state index < -0.39 is 0 Å². The van der Waals surface area contributed by atoms with E-state index in [1.807, 2.05) is 39.0 Å². The number of nitrogens with one attached hydrogen (secondary N) is 1. The third-order valence-electron chi connectivity index (χ3n) is 4.05. The van der Waals surface area contributed by atoms with Crippen LogP contribution in [0.3, 0.4) is 0 Å². The topological polar surface area (TPSA) is 56.8 Å². The maximum atomic E-state index is 12.1. The van der Waals surface area contributed by atoms with E-state index in [-0.39, 0.29) is 12.5 Å². The van der Waals surface area contributed by atoms with Crippen LogP contribution in [0.2, 0.25) is 0 Å². The molecule has 0 bridgehead atoms. The lowest BCUT2D eigenvalue weighted by molar-refractivity contribution is -0.123. The molecule has 1 heterocycles. The van der Waals surface area contributed by atoms with Crippen molar-refractivity contribution in [2.45, 2.75) is 27.3 Å². The molecule has 1 aliphatic heterocycles. The number of aryl methyl sites for hydroxylation is 3. The molecule has 1 N–H and O–H groups in total. The fourth-order valence-corrected chi connectivity index (χ4v) is 2.98. The molecule has 0 spiro atoms. The van der Waals surface area contributed by atoms with Crippen LogP contribution in [0.1, 0.15) is 22.3 Å². The van der Waals surface area contributed by atoms with E-state index in [9.17, 15) is 4.79 Å². The highest BCUT2D eigenvalue weighted by Gasteiger charge is 2.12. The third kappa shape index (κ3) is 4.24. The monoisotopic (exact) mass is 341 g/mol. The minimum Gasteiger partial charge on any atom is -0.486 e. The van der Waals surface area contributed by atoms with E-state index in [4.69, 9.17) is 14.2 Å². The van der Waals surface area contributed by atoms with E-state index in [1.54, 1.807) is 0 Å². The van der Waals surface area contributed by atoms with Gasteiger partial charge in [-0.25, -0.2) is 0 Å². The number of carbonyl (C=O) groups is 1. The van der Waals surface area contributed by atoms with E-state index in [0.717, 1.165) is 33.9 Å². The molecule has 2 aromatic rings.